The fourth-order valence-corrected chi connectivity index (χ4v) is 2.99. The second kappa shape index (κ2) is 12.8. The van der Waals surface area contributed by atoms with Crippen LogP contribution in [0.5, 0.6) is 0 Å². The highest BCUT2D eigenvalue weighted by Gasteiger charge is 2.30. The third kappa shape index (κ3) is 8.74. The first-order chi connectivity index (χ1) is 14.1. The molecule has 4 unspecified atom stereocenters. The molecule has 12 heteroatoms. The molecule has 1 heterocycles. The standard InChI is InChI=1S/C18H31N5O7/c1-10(21-16(27)11-6-4-8-20-11)15(26)22-12(5-2-3-7-19)17(28)23-13(18(29)30)9-14(24)25/h10-13,20H,2-9,19H2,1H3,(H,21,27)(H,22,26)(H,23,28)(H,24,25)(H,29,30). The number of nitrogens with two attached hydrogens (primary N) is 1. The lowest BCUT2D eigenvalue weighted by molar-refractivity contribution is -0.147. The van der Waals surface area contributed by atoms with Crippen LogP contribution in [0.2, 0.25) is 0 Å². The van der Waals surface area contributed by atoms with Crippen molar-refractivity contribution < 1.29 is 34.2 Å². The maximum atomic E-state index is 12.5. The lowest BCUT2D eigenvalue weighted by atomic mass is 10.1. The molecule has 4 atom stereocenters. The van der Waals surface area contributed by atoms with Crippen molar-refractivity contribution in [1.29, 1.82) is 0 Å². The summed E-state index contributed by atoms with van der Waals surface area (Å²) in [5.41, 5.74) is 5.45. The minimum Gasteiger partial charge on any atom is -0.481 e. The summed E-state index contributed by atoms with van der Waals surface area (Å²) >= 11 is 0. The Kier molecular flexibility index (Phi) is 10.8. The third-order valence-electron chi connectivity index (χ3n) is 4.70. The van der Waals surface area contributed by atoms with E-state index < -0.39 is 48.3 Å². The molecule has 12 nitrogen and oxygen atoms in total. The van der Waals surface area contributed by atoms with Gasteiger partial charge >= 0.3 is 11.9 Å². The fourth-order valence-electron chi connectivity index (χ4n) is 2.99. The van der Waals surface area contributed by atoms with Gasteiger partial charge in [0.15, 0.2) is 0 Å². The molecule has 1 aliphatic rings. The molecule has 0 bridgehead atoms. The average molecular weight is 429 g/mol. The van der Waals surface area contributed by atoms with Gasteiger partial charge in [0.1, 0.15) is 18.1 Å². The number of carboxylic acid groups (broad SMARTS) is 2. The molecule has 1 saturated heterocycles. The van der Waals surface area contributed by atoms with Gasteiger partial charge in [-0.3, -0.25) is 19.2 Å². The second-order valence-corrected chi connectivity index (χ2v) is 7.22. The normalized spacial score (nSPS) is 18.7. The highest BCUT2D eigenvalue weighted by atomic mass is 16.4. The molecule has 30 heavy (non-hydrogen) atoms. The summed E-state index contributed by atoms with van der Waals surface area (Å²) < 4.78 is 0. The maximum absolute atomic E-state index is 12.5. The summed E-state index contributed by atoms with van der Waals surface area (Å²) in [6.07, 6.45) is 1.98. The van der Waals surface area contributed by atoms with Crippen LogP contribution in [0, 0.1) is 0 Å². The number of rotatable bonds is 13. The molecule has 1 aliphatic heterocycles. The molecular formula is C18H31N5O7. The van der Waals surface area contributed by atoms with Crippen molar-refractivity contribution in [2.24, 2.45) is 5.73 Å². The first-order valence-corrected chi connectivity index (χ1v) is 9.94. The van der Waals surface area contributed by atoms with Gasteiger partial charge in [-0.05, 0) is 52.1 Å². The zero-order valence-electron chi connectivity index (χ0n) is 17.0. The Morgan fingerprint density at radius 3 is 2.23 bits per heavy atom. The van der Waals surface area contributed by atoms with E-state index in [2.05, 4.69) is 21.3 Å². The molecule has 170 valence electrons. The van der Waals surface area contributed by atoms with E-state index in [4.69, 9.17) is 15.9 Å². The first-order valence-electron chi connectivity index (χ1n) is 9.94. The molecule has 3 amide bonds. The molecule has 0 saturated carbocycles. The summed E-state index contributed by atoms with van der Waals surface area (Å²) in [5, 5.41) is 28.2. The van der Waals surface area contributed by atoms with Gasteiger partial charge in [0.2, 0.25) is 17.7 Å². The monoisotopic (exact) mass is 429 g/mol. The molecule has 1 fully saturated rings. The number of hydrogen-bond donors (Lipinski definition) is 7. The number of carboxylic acids is 2. The molecule has 0 aliphatic carbocycles. The fraction of sp³-hybridized carbons (Fsp3) is 0.722. The summed E-state index contributed by atoms with van der Waals surface area (Å²) in [5.74, 6) is -4.62. The molecular weight excluding hydrogens is 398 g/mol. The van der Waals surface area contributed by atoms with Crippen molar-refractivity contribution in [2.45, 2.75) is 69.6 Å². The zero-order valence-corrected chi connectivity index (χ0v) is 17.0. The van der Waals surface area contributed by atoms with Crippen LogP contribution in [0.3, 0.4) is 0 Å². The largest absolute Gasteiger partial charge is 0.481 e. The predicted octanol–water partition coefficient (Wildman–Crippen LogP) is -2.10. The third-order valence-corrected chi connectivity index (χ3v) is 4.70. The minimum atomic E-state index is -1.63. The summed E-state index contributed by atoms with van der Waals surface area (Å²) in [7, 11) is 0. The number of nitrogens with one attached hydrogen (secondary N) is 4. The van der Waals surface area contributed by atoms with Crippen molar-refractivity contribution >= 4 is 29.7 Å². The summed E-state index contributed by atoms with van der Waals surface area (Å²) in [4.78, 5) is 59.1. The van der Waals surface area contributed by atoms with Crippen molar-refractivity contribution in [3.05, 3.63) is 0 Å². The second-order valence-electron chi connectivity index (χ2n) is 7.22. The van der Waals surface area contributed by atoms with E-state index in [0.29, 0.717) is 25.8 Å². The van der Waals surface area contributed by atoms with Crippen LogP contribution in [0.15, 0.2) is 0 Å². The van der Waals surface area contributed by atoms with Crippen molar-refractivity contribution in [2.75, 3.05) is 13.1 Å². The van der Waals surface area contributed by atoms with Crippen molar-refractivity contribution in [1.82, 2.24) is 21.3 Å². The van der Waals surface area contributed by atoms with Crippen molar-refractivity contribution in [3.63, 3.8) is 0 Å². The van der Waals surface area contributed by atoms with Crippen LogP contribution in [-0.2, 0) is 24.0 Å². The Bertz CT molecular complexity index is 636. The average Bonchev–Trinajstić information content (AvgIpc) is 3.21. The Hall–Kier alpha value is -2.73. The number of amides is 3. The van der Waals surface area contributed by atoms with E-state index in [1.807, 2.05) is 0 Å². The van der Waals surface area contributed by atoms with Crippen molar-refractivity contribution in [3.8, 4) is 0 Å². The van der Waals surface area contributed by atoms with Gasteiger partial charge in [-0.1, -0.05) is 0 Å². The van der Waals surface area contributed by atoms with Gasteiger partial charge < -0.3 is 37.2 Å². The van der Waals surface area contributed by atoms with Gasteiger partial charge in [-0.25, -0.2) is 4.79 Å². The van der Waals surface area contributed by atoms with E-state index in [-0.39, 0.29) is 18.4 Å². The lowest BCUT2D eigenvalue weighted by Gasteiger charge is -2.23. The number of unbranched alkanes of at least 4 members (excludes halogenated alkanes) is 1. The Morgan fingerprint density at radius 2 is 1.70 bits per heavy atom. The van der Waals surface area contributed by atoms with Crippen LogP contribution >= 0.6 is 0 Å². The highest BCUT2D eigenvalue weighted by molar-refractivity contribution is 5.94. The van der Waals surface area contributed by atoms with Crippen LogP contribution in [-0.4, -0.2) is 77.1 Å². The van der Waals surface area contributed by atoms with Gasteiger partial charge in [0, 0.05) is 0 Å². The quantitative estimate of drug-likeness (QED) is 0.160. The van der Waals surface area contributed by atoms with E-state index in [9.17, 15) is 24.0 Å². The molecule has 0 spiro atoms. The summed E-state index contributed by atoms with van der Waals surface area (Å²) in [6.45, 7) is 2.57. The Balaban J connectivity index is 2.73. The van der Waals surface area contributed by atoms with Crippen LogP contribution < -0.4 is 27.0 Å². The van der Waals surface area contributed by atoms with Gasteiger partial charge in [-0.2, -0.15) is 0 Å². The minimum absolute atomic E-state index is 0.180. The van der Waals surface area contributed by atoms with Gasteiger partial charge in [0.25, 0.3) is 0 Å². The molecule has 0 radical (unpaired) electrons. The van der Waals surface area contributed by atoms with Crippen LogP contribution in [0.1, 0.15) is 45.4 Å². The van der Waals surface area contributed by atoms with Gasteiger partial charge in [0.05, 0.1) is 12.5 Å². The molecule has 1 rings (SSSR count). The predicted molar refractivity (Wildman–Crippen MR) is 105 cm³/mol. The zero-order chi connectivity index (χ0) is 22.7. The summed E-state index contributed by atoms with van der Waals surface area (Å²) in [6, 6.07) is -4.01. The smallest absolute Gasteiger partial charge is 0.326 e. The molecule has 0 aromatic heterocycles. The topological polar surface area (TPSA) is 200 Å². The van der Waals surface area contributed by atoms with E-state index in [1.54, 1.807) is 0 Å². The Morgan fingerprint density at radius 1 is 1.03 bits per heavy atom. The number of carbonyl (C=O) groups excluding carboxylic acids is 3. The maximum Gasteiger partial charge on any atom is 0.326 e. The molecule has 0 aromatic carbocycles. The first kappa shape index (κ1) is 25.3. The van der Waals surface area contributed by atoms with E-state index in [1.165, 1.54) is 6.92 Å². The van der Waals surface area contributed by atoms with Crippen LogP contribution in [0.25, 0.3) is 0 Å². The number of hydrogen-bond acceptors (Lipinski definition) is 7. The SMILES string of the molecule is CC(NC(=O)C1CCCN1)C(=O)NC(CCCCN)C(=O)NC(CC(=O)O)C(=O)O. The molecule has 0 aromatic rings. The Labute approximate surface area is 174 Å². The van der Waals surface area contributed by atoms with Crippen LogP contribution in [0.4, 0.5) is 0 Å². The number of aliphatic carboxylic acids is 2. The van der Waals surface area contributed by atoms with Gasteiger partial charge in [-0.15, -0.1) is 0 Å². The lowest BCUT2D eigenvalue weighted by Crippen LogP contribution is -2.56. The highest BCUT2D eigenvalue weighted by Crippen LogP contribution is 2.06. The number of carbonyl (C=O) groups is 5. The van der Waals surface area contributed by atoms with E-state index >= 15 is 0 Å². The van der Waals surface area contributed by atoms with E-state index in [0.717, 1.165) is 13.0 Å². The molecule has 8 N–H and O–H groups in total.